The second-order valence-corrected chi connectivity index (χ2v) is 0. The van der Waals surface area contributed by atoms with Gasteiger partial charge in [0.1, 0.15) is 0 Å². The average molecular weight is 155 g/mol. The van der Waals surface area contributed by atoms with E-state index in [4.69, 9.17) is 0 Å². The van der Waals surface area contributed by atoms with Gasteiger partial charge in [0.2, 0.25) is 0 Å². The zero-order valence-electron chi connectivity index (χ0n) is 2.06. The summed E-state index contributed by atoms with van der Waals surface area (Å²) in [7, 11) is 0. The van der Waals surface area contributed by atoms with E-state index >= 15 is 0 Å². The molecule has 0 unspecified atom stereocenters. The van der Waals surface area contributed by atoms with E-state index in [0.29, 0.717) is 0 Å². The first-order chi connectivity index (χ1) is 0. The summed E-state index contributed by atoms with van der Waals surface area (Å²) in [5, 5.41) is 0. The summed E-state index contributed by atoms with van der Waals surface area (Å²) in [5.74, 6) is 0. The van der Waals surface area contributed by atoms with Gasteiger partial charge in [0.05, 0.1) is 0 Å². The van der Waals surface area contributed by atoms with Gasteiger partial charge in [-0.3, -0.25) is 0 Å². The van der Waals surface area contributed by atoms with E-state index in [0.717, 1.165) is 0 Å². The van der Waals surface area contributed by atoms with Crippen LogP contribution in [0.4, 0.5) is 0 Å². The van der Waals surface area contributed by atoms with Crippen molar-refractivity contribution in [2.75, 3.05) is 0 Å². The molecule has 0 saturated heterocycles. The quantitative estimate of drug-likeness (QED) is 0.427. The van der Waals surface area contributed by atoms with Crippen molar-refractivity contribution < 1.29 is 54.9 Å². The Morgan fingerprint density at radius 1 is 0.600 bits per heavy atom. The molecule has 0 aliphatic rings. The summed E-state index contributed by atoms with van der Waals surface area (Å²) in [4.78, 5) is 0. The molecule has 0 bridgehead atoms. The van der Waals surface area contributed by atoms with Crippen LogP contribution in [0, 0.1) is 0 Å². The molecule has 0 aliphatic carbocycles. The van der Waals surface area contributed by atoms with Crippen molar-refractivity contribution in [2.24, 2.45) is 0 Å². The molecular formula is CoO3Ti-4. The topological polar surface area (TPSA) is 85.5 Å². The van der Waals surface area contributed by atoms with Crippen LogP contribution in [0.3, 0.4) is 0 Å². The molecule has 0 aromatic heterocycles. The average Bonchev–Trinajstić information content (AvgIpc) is 0. The molecule has 5 heteroatoms. The zero-order valence-corrected chi connectivity index (χ0v) is 4.66. The van der Waals surface area contributed by atoms with Crippen LogP contribution in [0.1, 0.15) is 0 Å². The molecule has 0 N–H and O–H groups in total. The van der Waals surface area contributed by atoms with Crippen LogP contribution in [0.25, 0.3) is 0 Å². The van der Waals surface area contributed by atoms with Gasteiger partial charge in [0.25, 0.3) is 0 Å². The molecule has 0 rings (SSSR count). The van der Waals surface area contributed by atoms with E-state index in [9.17, 15) is 0 Å². The Labute approximate surface area is 55.1 Å². The van der Waals surface area contributed by atoms with Crippen LogP contribution in [0.15, 0.2) is 0 Å². The maximum Gasteiger partial charge on any atom is 2.00 e. The summed E-state index contributed by atoms with van der Waals surface area (Å²) >= 11 is 0. The minimum Gasteiger partial charge on any atom is -2.00 e. The standard InChI is InChI=1S/Co.3O.Ti/q+2;3*-2;. The predicted molar refractivity (Wildman–Crippen MR) is 2.06 cm³/mol. The molecular weight excluding hydrogens is 155 g/mol. The van der Waals surface area contributed by atoms with Gasteiger partial charge in [-0.1, -0.05) is 0 Å². The molecule has 3 nitrogen and oxygen atoms in total. The molecule has 0 atom stereocenters. The molecule has 1 radical (unpaired) electrons. The van der Waals surface area contributed by atoms with Gasteiger partial charge < -0.3 is 16.4 Å². The molecule has 0 amide bonds. The van der Waals surface area contributed by atoms with Crippen molar-refractivity contribution in [3.05, 3.63) is 0 Å². The van der Waals surface area contributed by atoms with E-state index in [1.54, 1.807) is 0 Å². The SMILES string of the molecule is [Co+2].[O-2].[O-2].[O-2].[Ti]. The molecule has 0 heterocycles. The fraction of sp³-hybridized carbons (Fsp3) is 0. The second-order valence-electron chi connectivity index (χ2n) is 0. The Kier molecular flexibility index (Phi) is 1850. The smallest absolute Gasteiger partial charge is 2.00 e. The van der Waals surface area contributed by atoms with Crippen LogP contribution in [0.5, 0.6) is 0 Å². The van der Waals surface area contributed by atoms with Crippen molar-refractivity contribution in [3.63, 3.8) is 0 Å². The minimum atomic E-state index is 0. The molecule has 35 valence electrons. The van der Waals surface area contributed by atoms with Crippen LogP contribution in [-0.4, -0.2) is 0 Å². The fourth-order valence-corrected chi connectivity index (χ4v) is 0. The zero-order chi connectivity index (χ0) is 0. The van der Waals surface area contributed by atoms with E-state index < -0.39 is 0 Å². The Morgan fingerprint density at radius 2 is 0.600 bits per heavy atom. The third-order valence-electron chi connectivity index (χ3n) is 0. The molecule has 0 fully saturated rings. The van der Waals surface area contributed by atoms with Crippen LogP contribution >= 0.6 is 0 Å². The van der Waals surface area contributed by atoms with Crippen molar-refractivity contribution in [1.29, 1.82) is 0 Å². The third-order valence-corrected chi connectivity index (χ3v) is 0. The summed E-state index contributed by atoms with van der Waals surface area (Å²) < 4.78 is 0. The van der Waals surface area contributed by atoms with Gasteiger partial charge in [0, 0.05) is 21.7 Å². The number of hydrogen-bond donors (Lipinski definition) is 0. The molecule has 0 aromatic carbocycles. The largest absolute Gasteiger partial charge is 2.00 e. The summed E-state index contributed by atoms with van der Waals surface area (Å²) in [6, 6.07) is 0. The first kappa shape index (κ1) is 131. The van der Waals surface area contributed by atoms with Gasteiger partial charge in [-0.15, -0.1) is 0 Å². The van der Waals surface area contributed by atoms with E-state index in [-0.39, 0.29) is 54.9 Å². The monoisotopic (exact) mass is 155 g/mol. The number of rotatable bonds is 0. The summed E-state index contributed by atoms with van der Waals surface area (Å²) in [5.41, 5.74) is 0. The maximum absolute atomic E-state index is 0. The Balaban J connectivity index is 0. The van der Waals surface area contributed by atoms with Gasteiger partial charge in [0.15, 0.2) is 0 Å². The van der Waals surface area contributed by atoms with Crippen molar-refractivity contribution in [3.8, 4) is 0 Å². The molecule has 0 aliphatic heterocycles. The summed E-state index contributed by atoms with van der Waals surface area (Å²) in [6.07, 6.45) is 0. The minimum absolute atomic E-state index is 0. The van der Waals surface area contributed by atoms with E-state index in [2.05, 4.69) is 0 Å². The van der Waals surface area contributed by atoms with E-state index in [1.807, 2.05) is 0 Å². The molecule has 5 heavy (non-hydrogen) atoms. The Morgan fingerprint density at radius 3 is 0.600 bits per heavy atom. The van der Waals surface area contributed by atoms with Crippen LogP contribution < -0.4 is 0 Å². The molecule has 0 aromatic rings. The maximum atomic E-state index is 0. The predicted octanol–water partition coefficient (Wildman–Crippen LogP) is -0.361. The Bertz CT molecular complexity index is 6.85. The molecule has 0 spiro atoms. The molecule has 0 saturated carbocycles. The van der Waals surface area contributed by atoms with Crippen molar-refractivity contribution in [1.82, 2.24) is 0 Å². The van der Waals surface area contributed by atoms with Gasteiger partial charge >= 0.3 is 16.8 Å². The number of hydrogen-bond acceptors (Lipinski definition) is 0. The van der Waals surface area contributed by atoms with Crippen molar-refractivity contribution >= 4 is 0 Å². The first-order valence-electron chi connectivity index (χ1n) is 0. The van der Waals surface area contributed by atoms with Crippen LogP contribution in [0.2, 0.25) is 0 Å². The van der Waals surface area contributed by atoms with Crippen molar-refractivity contribution in [2.45, 2.75) is 0 Å². The normalized spacial score (nSPS) is 0. The fourth-order valence-electron chi connectivity index (χ4n) is 0. The van der Waals surface area contributed by atoms with E-state index in [1.165, 1.54) is 0 Å². The van der Waals surface area contributed by atoms with Gasteiger partial charge in [-0.2, -0.15) is 0 Å². The third kappa shape index (κ3) is 40.5. The first-order valence-corrected chi connectivity index (χ1v) is 0. The Hall–Kier alpha value is 1.10. The van der Waals surface area contributed by atoms with Crippen LogP contribution in [-0.2, 0) is 54.9 Å². The van der Waals surface area contributed by atoms with Gasteiger partial charge in [-0.25, -0.2) is 0 Å². The second kappa shape index (κ2) is 70.8. The summed E-state index contributed by atoms with van der Waals surface area (Å²) in [6.45, 7) is 0. The van der Waals surface area contributed by atoms with Gasteiger partial charge in [-0.05, 0) is 0 Å².